The summed E-state index contributed by atoms with van der Waals surface area (Å²) in [4.78, 5) is 19.3. The number of amides is 1. The predicted molar refractivity (Wildman–Crippen MR) is 110 cm³/mol. The van der Waals surface area contributed by atoms with Gasteiger partial charge in [0.05, 0.1) is 12.6 Å². The molecule has 1 aromatic rings. The van der Waals surface area contributed by atoms with E-state index in [0.29, 0.717) is 13.2 Å². The molecule has 0 saturated heterocycles. The number of hydrogen-bond acceptors (Lipinski definition) is 5. The van der Waals surface area contributed by atoms with Gasteiger partial charge in [0.2, 0.25) is 0 Å². The molecule has 0 heterocycles. The zero-order chi connectivity index (χ0) is 20.8. The van der Waals surface area contributed by atoms with Gasteiger partial charge in [0.1, 0.15) is 12.4 Å². The molecule has 0 aliphatic heterocycles. The second-order valence-electron chi connectivity index (χ2n) is 6.46. The number of nitrogens with zero attached hydrogens (tertiary/aromatic N) is 2. The van der Waals surface area contributed by atoms with Gasteiger partial charge in [0.25, 0.3) is 11.9 Å². The molecule has 7 heteroatoms. The van der Waals surface area contributed by atoms with Crippen LogP contribution >= 0.6 is 0 Å². The molecule has 0 aliphatic rings. The van der Waals surface area contributed by atoms with E-state index in [4.69, 9.17) is 9.47 Å². The second kappa shape index (κ2) is 14.1. The summed E-state index contributed by atoms with van der Waals surface area (Å²) in [5.41, 5.74) is 0.218. The minimum Gasteiger partial charge on any atom is -0.463 e. The highest BCUT2D eigenvalue weighted by atomic mass is 19.1. The number of halogens is 1. The van der Waals surface area contributed by atoms with Crippen molar-refractivity contribution in [3.05, 3.63) is 35.6 Å². The normalized spacial score (nSPS) is 12.9. The first-order valence-corrected chi connectivity index (χ1v) is 10.1. The molecule has 6 nitrogen and oxygen atoms in total. The van der Waals surface area contributed by atoms with Crippen LogP contribution in [0.1, 0.15) is 50.9 Å². The molecule has 0 saturated carbocycles. The molecule has 1 rings (SSSR count). The Morgan fingerprint density at radius 2 is 2.00 bits per heavy atom. The molecular formula is C21H34FN3O3. The zero-order valence-corrected chi connectivity index (χ0v) is 17.5. The van der Waals surface area contributed by atoms with Gasteiger partial charge in [-0.05, 0) is 64.5 Å². The van der Waals surface area contributed by atoms with Crippen LogP contribution in [0, 0.1) is 5.82 Å². The molecule has 1 N–H and O–H groups in total. The second-order valence-corrected chi connectivity index (χ2v) is 6.46. The van der Waals surface area contributed by atoms with Crippen LogP contribution in [-0.4, -0.2) is 62.3 Å². The molecule has 0 aliphatic carbocycles. The maximum Gasteiger partial charge on any atom is 0.292 e. The van der Waals surface area contributed by atoms with Crippen molar-refractivity contribution < 1.29 is 18.7 Å². The quantitative estimate of drug-likeness (QED) is 0.334. The van der Waals surface area contributed by atoms with Crippen LogP contribution in [0.15, 0.2) is 29.3 Å². The fourth-order valence-electron chi connectivity index (χ4n) is 2.66. The van der Waals surface area contributed by atoms with Gasteiger partial charge in [-0.25, -0.2) is 9.38 Å². The van der Waals surface area contributed by atoms with Crippen molar-refractivity contribution >= 4 is 11.9 Å². The summed E-state index contributed by atoms with van der Waals surface area (Å²) < 4.78 is 24.2. The van der Waals surface area contributed by atoms with Crippen molar-refractivity contribution in [2.45, 2.75) is 46.6 Å². The van der Waals surface area contributed by atoms with Crippen molar-refractivity contribution in [3.8, 4) is 0 Å². The van der Waals surface area contributed by atoms with Crippen LogP contribution in [-0.2, 0) is 9.47 Å². The van der Waals surface area contributed by atoms with Crippen LogP contribution in [0.4, 0.5) is 4.39 Å². The molecule has 0 fully saturated rings. The van der Waals surface area contributed by atoms with Crippen molar-refractivity contribution in [1.82, 2.24) is 10.2 Å². The third kappa shape index (κ3) is 9.80. The molecule has 1 aromatic carbocycles. The van der Waals surface area contributed by atoms with E-state index in [2.05, 4.69) is 29.1 Å². The van der Waals surface area contributed by atoms with Gasteiger partial charge in [0, 0.05) is 12.2 Å². The Kier molecular flexibility index (Phi) is 12.1. The molecule has 1 amide bonds. The van der Waals surface area contributed by atoms with Gasteiger partial charge in [0.15, 0.2) is 0 Å². The fourth-order valence-corrected chi connectivity index (χ4v) is 2.66. The topological polar surface area (TPSA) is 63.2 Å². The lowest BCUT2D eigenvalue weighted by Gasteiger charge is -2.18. The number of rotatable bonds is 12. The SMILES string of the molecule is CCOCCOC(=N[C@@H](C)CCCN(CC)CC)NC(=O)c1cccc(F)c1. The molecule has 0 unspecified atom stereocenters. The maximum atomic E-state index is 13.4. The Bertz CT molecular complexity index is 606. The van der Waals surface area contributed by atoms with Crippen LogP contribution in [0.5, 0.6) is 0 Å². The van der Waals surface area contributed by atoms with Crippen molar-refractivity contribution in [2.24, 2.45) is 4.99 Å². The molecule has 1 atom stereocenters. The monoisotopic (exact) mass is 395 g/mol. The number of carbonyl (C=O) groups excluding carboxylic acids is 1. The third-order valence-corrected chi connectivity index (χ3v) is 4.31. The molecule has 0 aromatic heterocycles. The van der Waals surface area contributed by atoms with Crippen molar-refractivity contribution in [2.75, 3.05) is 39.5 Å². The molecule has 0 radical (unpaired) electrons. The van der Waals surface area contributed by atoms with E-state index in [-0.39, 0.29) is 24.2 Å². The maximum absolute atomic E-state index is 13.4. The molecular weight excluding hydrogens is 361 g/mol. The number of carbonyl (C=O) groups is 1. The molecule has 158 valence electrons. The van der Waals surface area contributed by atoms with E-state index in [0.717, 1.165) is 32.5 Å². The summed E-state index contributed by atoms with van der Waals surface area (Å²) in [6.45, 7) is 12.5. The third-order valence-electron chi connectivity index (χ3n) is 4.31. The summed E-state index contributed by atoms with van der Waals surface area (Å²) in [7, 11) is 0. The lowest BCUT2D eigenvalue weighted by molar-refractivity contribution is 0.0920. The lowest BCUT2D eigenvalue weighted by Crippen LogP contribution is -2.34. The molecule has 0 spiro atoms. The first-order valence-electron chi connectivity index (χ1n) is 10.1. The van der Waals surface area contributed by atoms with Gasteiger partial charge in [-0.15, -0.1) is 0 Å². The van der Waals surface area contributed by atoms with E-state index in [1.807, 2.05) is 13.8 Å². The average Bonchev–Trinajstić information content (AvgIpc) is 2.68. The van der Waals surface area contributed by atoms with Gasteiger partial charge < -0.3 is 14.4 Å². The minimum absolute atomic E-state index is 0.00883. The Hall–Kier alpha value is -1.99. The first-order chi connectivity index (χ1) is 13.5. The Labute approximate surface area is 168 Å². The largest absolute Gasteiger partial charge is 0.463 e. The van der Waals surface area contributed by atoms with Gasteiger partial charge in [-0.3, -0.25) is 10.1 Å². The highest BCUT2D eigenvalue weighted by Crippen LogP contribution is 2.06. The predicted octanol–water partition coefficient (Wildman–Crippen LogP) is 3.48. The Morgan fingerprint density at radius 3 is 2.64 bits per heavy atom. The minimum atomic E-state index is -0.465. The standard InChI is InChI=1S/C21H34FN3O3/c1-5-25(6-2)13-9-10-17(4)23-21(28-15-14-27-7-3)24-20(26)18-11-8-12-19(22)16-18/h8,11-12,16-17H,5-7,9-10,13-15H2,1-4H3,(H,23,24,26)/t17-/m0/s1. The van der Waals surface area contributed by atoms with E-state index in [1.54, 1.807) is 6.07 Å². The number of ether oxygens (including phenoxy) is 2. The van der Waals surface area contributed by atoms with Crippen molar-refractivity contribution in [3.63, 3.8) is 0 Å². The molecule has 28 heavy (non-hydrogen) atoms. The molecule has 0 bridgehead atoms. The summed E-state index contributed by atoms with van der Waals surface area (Å²) in [6, 6.07) is 5.65. The van der Waals surface area contributed by atoms with Crippen LogP contribution in [0.2, 0.25) is 0 Å². The summed E-state index contributed by atoms with van der Waals surface area (Å²) in [5.74, 6) is -0.918. The highest BCUT2D eigenvalue weighted by Gasteiger charge is 2.13. The van der Waals surface area contributed by atoms with E-state index < -0.39 is 11.7 Å². The average molecular weight is 396 g/mol. The Morgan fingerprint density at radius 1 is 1.25 bits per heavy atom. The van der Waals surface area contributed by atoms with Crippen molar-refractivity contribution in [1.29, 1.82) is 0 Å². The smallest absolute Gasteiger partial charge is 0.292 e. The van der Waals surface area contributed by atoms with Crippen LogP contribution in [0.3, 0.4) is 0 Å². The summed E-state index contributed by atoms with van der Waals surface area (Å²) in [6.07, 6.45) is 1.89. The highest BCUT2D eigenvalue weighted by molar-refractivity contribution is 6.04. The lowest BCUT2D eigenvalue weighted by atomic mass is 10.2. The summed E-state index contributed by atoms with van der Waals surface area (Å²) >= 11 is 0. The van der Waals surface area contributed by atoms with Crippen LogP contribution < -0.4 is 5.32 Å². The summed E-state index contributed by atoms with van der Waals surface area (Å²) in [5, 5.41) is 2.65. The number of amidine groups is 1. The van der Waals surface area contributed by atoms with Gasteiger partial charge in [-0.1, -0.05) is 19.9 Å². The van der Waals surface area contributed by atoms with Crippen LogP contribution in [0.25, 0.3) is 0 Å². The first kappa shape index (κ1) is 24.0. The fraction of sp³-hybridized carbons (Fsp3) is 0.619. The van der Waals surface area contributed by atoms with E-state index in [9.17, 15) is 9.18 Å². The zero-order valence-electron chi connectivity index (χ0n) is 17.5. The van der Waals surface area contributed by atoms with Gasteiger partial charge >= 0.3 is 0 Å². The Balaban J connectivity index is 2.68. The number of nitrogens with one attached hydrogen (secondary N) is 1. The van der Waals surface area contributed by atoms with E-state index >= 15 is 0 Å². The number of aliphatic imine (C=N–C) groups is 1. The number of benzene rings is 1. The number of hydrogen-bond donors (Lipinski definition) is 1. The van der Waals surface area contributed by atoms with E-state index in [1.165, 1.54) is 18.2 Å². The van der Waals surface area contributed by atoms with Gasteiger partial charge in [-0.2, -0.15) is 0 Å².